The van der Waals surface area contributed by atoms with Crippen LogP contribution in [0.1, 0.15) is 42.6 Å². The van der Waals surface area contributed by atoms with Crippen LogP contribution in [0.25, 0.3) is 10.9 Å². The van der Waals surface area contributed by atoms with Gasteiger partial charge in [0, 0.05) is 49.0 Å². The van der Waals surface area contributed by atoms with Gasteiger partial charge < -0.3 is 20.5 Å². The molecule has 1 aromatic heterocycles. The van der Waals surface area contributed by atoms with Gasteiger partial charge >= 0.3 is 0 Å². The van der Waals surface area contributed by atoms with Crippen LogP contribution in [0, 0.1) is 17.8 Å². The Hall–Kier alpha value is -2.34. The summed E-state index contributed by atoms with van der Waals surface area (Å²) in [6.45, 7) is 2.45. The fourth-order valence-corrected chi connectivity index (χ4v) is 5.74. The molecule has 3 aliphatic rings. The van der Waals surface area contributed by atoms with Gasteiger partial charge in [0.25, 0.3) is 5.91 Å². The van der Waals surface area contributed by atoms with Crippen molar-refractivity contribution in [1.29, 1.82) is 0 Å². The third kappa shape index (κ3) is 3.44. The molecule has 2 atom stereocenters. The van der Waals surface area contributed by atoms with Crippen molar-refractivity contribution in [2.75, 3.05) is 26.2 Å². The van der Waals surface area contributed by atoms with Gasteiger partial charge in [-0.05, 0) is 49.7 Å². The number of hydrogen-bond acceptors (Lipinski definition) is 3. The molecular weight excluding hydrogens is 364 g/mol. The highest BCUT2D eigenvalue weighted by molar-refractivity contribution is 5.98. The van der Waals surface area contributed by atoms with E-state index in [9.17, 15) is 9.59 Å². The maximum absolute atomic E-state index is 13.1. The molecule has 5 rings (SSSR count). The van der Waals surface area contributed by atoms with Crippen LogP contribution in [-0.2, 0) is 4.79 Å². The molecule has 3 fully saturated rings. The molecule has 2 bridgehead atoms. The van der Waals surface area contributed by atoms with E-state index in [1.54, 1.807) is 0 Å². The predicted molar refractivity (Wildman–Crippen MR) is 112 cm³/mol. The van der Waals surface area contributed by atoms with Crippen LogP contribution in [0.4, 0.5) is 0 Å². The quantitative estimate of drug-likeness (QED) is 0.821. The zero-order chi connectivity index (χ0) is 20.0. The average molecular weight is 395 g/mol. The van der Waals surface area contributed by atoms with E-state index < -0.39 is 0 Å². The molecule has 29 heavy (non-hydrogen) atoms. The monoisotopic (exact) mass is 394 g/mol. The van der Waals surface area contributed by atoms with E-state index in [0.29, 0.717) is 49.8 Å². The number of nitrogens with two attached hydrogens (primary N) is 1. The topological polar surface area (TPSA) is 82.4 Å². The summed E-state index contributed by atoms with van der Waals surface area (Å²) in [5.41, 5.74) is 7.99. The van der Waals surface area contributed by atoms with Gasteiger partial charge in [0.2, 0.25) is 5.91 Å². The van der Waals surface area contributed by atoms with Crippen LogP contribution >= 0.6 is 0 Å². The number of rotatable bonds is 2. The second kappa shape index (κ2) is 7.48. The highest BCUT2D eigenvalue weighted by Gasteiger charge is 2.42. The minimum atomic E-state index is 0.0199. The predicted octanol–water partition coefficient (Wildman–Crippen LogP) is 2.61. The second-order valence-electron chi connectivity index (χ2n) is 9.08. The molecule has 0 spiro atoms. The normalized spacial score (nSPS) is 29.8. The summed E-state index contributed by atoms with van der Waals surface area (Å²) in [7, 11) is 0. The smallest absolute Gasteiger partial charge is 0.270 e. The molecule has 6 nitrogen and oxygen atoms in total. The van der Waals surface area contributed by atoms with Gasteiger partial charge in [0.1, 0.15) is 5.69 Å². The van der Waals surface area contributed by atoms with Crippen molar-refractivity contribution < 1.29 is 9.59 Å². The highest BCUT2D eigenvalue weighted by Crippen LogP contribution is 2.42. The number of carbonyl (C=O) groups excluding carboxylic acids is 2. The molecule has 2 aliphatic carbocycles. The lowest BCUT2D eigenvalue weighted by atomic mass is 9.65. The summed E-state index contributed by atoms with van der Waals surface area (Å²) in [5.74, 6) is 1.46. The number of hydrogen-bond donors (Lipinski definition) is 2. The van der Waals surface area contributed by atoms with Gasteiger partial charge in [-0.25, -0.2) is 0 Å². The number of aromatic nitrogens is 1. The van der Waals surface area contributed by atoms with Gasteiger partial charge in [0.05, 0.1) is 0 Å². The minimum absolute atomic E-state index is 0.0199. The summed E-state index contributed by atoms with van der Waals surface area (Å²) in [5, 5.41) is 1.05. The molecule has 1 aliphatic heterocycles. The van der Waals surface area contributed by atoms with E-state index in [0.717, 1.165) is 23.7 Å². The average Bonchev–Trinajstić information content (AvgIpc) is 3.17. The number of benzene rings is 1. The minimum Gasteiger partial charge on any atom is -0.351 e. The number of carbonyl (C=O) groups is 2. The molecule has 0 radical (unpaired) electrons. The van der Waals surface area contributed by atoms with E-state index in [-0.39, 0.29) is 17.7 Å². The first-order valence-electron chi connectivity index (χ1n) is 11.0. The Balaban J connectivity index is 1.20. The molecule has 6 heteroatoms. The molecular formula is C23H30N4O2. The Labute approximate surface area is 171 Å². The zero-order valence-electron chi connectivity index (χ0n) is 16.8. The Morgan fingerprint density at radius 1 is 0.966 bits per heavy atom. The number of fused-ring (bicyclic) bond motifs is 3. The molecule has 1 aromatic carbocycles. The number of para-hydroxylation sites is 1. The first-order chi connectivity index (χ1) is 14.1. The van der Waals surface area contributed by atoms with E-state index >= 15 is 0 Å². The first kappa shape index (κ1) is 18.7. The van der Waals surface area contributed by atoms with Crippen molar-refractivity contribution in [3.63, 3.8) is 0 Å². The maximum Gasteiger partial charge on any atom is 0.270 e. The lowest BCUT2D eigenvalue weighted by Crippen LogP contribution is -2.54. The third-order valence-corrected chi connectivity index (χ3v) is 7.40. The lowest BCUT2D eigenvalue weighted by molar-refractivity contribution is -0.140. The van der Waals surface area contributed by atoms with Crippen LogP contribution in [-0.4, -0.2) is 58.8 Å². The Morgan fingerprint density at radius 2 is 1.62 bits per heavy atom. The molecule has 2 unspecified atom stereocenters. The van der Waals surface area contributed by atoms with Crippen LogP contribution in [0.3, 0.4) is 0 Å². The van der Waals surface area contributed by atoms with Crippen LogP contribution in [0.2, 0.25) is 0 Å². The summed E-state index contributed by atoms with van der Waals surface area (Å²) >= 11 is 0. The van der Waals surface area contributed by atoms with Gasteiger partial charge in [-0.1, -0.05) is 24.6 Å². The number of aromatic amines is 1. The SMILES string of the molecule is NC1C2CCCC1CC(C(=O)N1CCN(C(=O)c3cc4ccccc4[nH]3)CC1)C2. The molecule has 2 aromatic rings. The third-order valence-electron chi connectivity index (χ3n) is 7.40. The van der Waals surface area contributed by atoms with Crippen LogP contribution < -0.4 is 5.73 Å². The van der Waals surface area contributed by atoms with Crippen molar-refractivity contribution in [2.24, 2.45) is 23.5 Å². The van der Waals surface area contributed by atoms with E-state index in [1.807, 2.05) is 40.1 Å². The lowest BCUT2D eigenvalue weighted by Gasteiger charge is -2.45. The van der Waals surface area contributed by atoms with Gasteiger partial charge in [-0.15, -0.1) is 0 Å². The number of nitrogens with zero attached hydrogens (tertiary/aromatic N) is 2. The van der Waals surface area contributed by atoms with E-state index in [4.69, 9.17) is 5.73 Å². The highest BCUT2D eigenvalue weighted by atomic mass is 16.2. The summed E-state index contributed by atoms with van der Waals surface area (Å²) in [6, 6.07) is 10.1. The van der Waals surface area contributed by atoms with Crippen molar-refractivity contribution in [3.8, 4) is 0 Å². The largest absolute Gasteiger partial charge is 0.351 e. The van der Waals surface area contributed by atoms with Crippen LogP contribution in [0.15, 0.2) is 30.3 Å². The van der Waals surface area contributed by atoms with Crippen molar-refractivity contribution >= 4 is 22.7 Å². The van der Waals surface area contributed by atoms with Crippen molar-refractivity contribution in [3.05, 3.63) is 36.0 Å². The number of amides is 2. The zero-order valence-corrected chi connectivity index (χ0v) is 16.8. The Morgan fingerprint density at radius 3 is 2.31 bits per heavy atom. The number of H-pyrrole nitrogens is 1. The fraction of sp³-hybridized carbons (Fsp3) is 0.565. The molecule has 2 amide bonds. The van der Waals surface area contributed by atoms with Gasteiger partial charge in [-0.3, -0.25) is 9.59 Å². The Kier molecular flexibility index (Phi) is 4.82. The molecule has 2 heterocycles. The molecule has 1 saturated heterocycles. The van der Waals surface area contributed by atoms with Crippen molar-refractivity contribution in [2.45, 2.75) is 38.1 Å². The van der Waals surface area contributed by atoms with Gasteiger partial charge in [-0.2, -0.15) is 0 Å². The number of nitrogens with one attached hydrogen (secondary N) is 1. The van der Waals surface area contributed by atoms with Crippen molar-refractivity contribution in [1.82, 2.24) is 14.8 Å². The number of piperazine rings is 1. The molecule has 2 saturated carbocycles. The van der Waals surface area contributed by atoms with E-state index in [1.165, 1.54) is 19.3 Å². The summed E-state index contributed by atoms with van der Waals surface area (Å²) in [6.07, 6.45) is 5.51. The summed E-state index contributed by atoms with van der Waals surface area (Å²) < 4.78 is 0. The van der Waals surface area contributed by atoms with Gasteiger partial charge in [0.15, 0.2) is 0 Å². The molecule has 3 N–H and O–H groups in total. The van der Waals surface area contributed by atoms with Crippen LogP contribution in [0.5, 0.6) is 0 Å². The Bertz CT molecular complexity index is 867. The maximum atomic E-state index is 13.1. The first-order valence-corrected chi connectivity index (χ1v) is 11.0. The fourth-order valence-electron chi connectivity index (χ4n) is 5.74. The standard InChI is InChI=1S/C23H30N4O2/c24-21-16-5-3-6-17(21)13-18(12-16)22(28)26-8-10-27(11-9-26)23(29)20-14-15-4-1-2-7-19(15)25-20/h1-2,4,7,14,16-18,21,25H,3,5-6,8-13,24H2. The second-order valence-corrected chi connectivity index (χ2v) is 9.08. The molecule has 154 valence electrons. The van der Waals surface area contributed by atoms with E-state index in [2.05, 4.69) is 4.98 Å². The summed E-state index contributed by atoms with van der Waals surface area (Å²) in [4.78, 5) is 33.1.